The molecule has 48 heavy (non-hydrogen) atoms. The van der Waals surface area contributed by atoms with E-state index in [-0.39, 0.29) is 30.6 Å². The molecule has 15 nitrogen and oxygen atoms in total. The van der Waals surface area contributed by atoms with Gasteiger partial charge >= 0.3 is 11.9 Å². The Kier molecular flexibility index (Phi) is 19.6. The predicted octanol–water partition coefficient (Wildman–Crippen LogP) is 1.14. The third-order valence-corrected chi connectivity index (χ3v) is 7.95. The van der Waals surface area contributed by atoms with Crippen molar-refractivity contribution in [3.8, 4) is 0 Å². The van der Waals surface area contributed by atoms with Crippen molar-refractivity contribution in [1.82, 2.24) is 26.6 Å². The summed E-state index contributed by atoms with van der Waals surface area (Å²) in [5, 5.41) is 31.8. The molecule has 0 saturated carbocycles. The van der Waals surface area contributed by atoms with E-state index in [1.54, 1.807) is 34.6 Å². The highest BCUT2D eigenvalue weighted by atomic mass is 16.4. The van der Waals surface area contributed by atoms with Crippen LogP contribution in [0.5, 0.6) is 0 Å². The third kappa shape index (κ3) is 15.9. The van der Waals surface area contributed by atoms with Gasteiger partial charge in [0.1, 0.15) is 30.2 Å². The predicted molar refractivity (Wildman–Crippen MR) is 180 cm³/mol. The minimum absolute atomic E-state index is 0.0768. The van der Waals surface area contributed by atoms with Gasteiger partial charge in [-0.3, -0.25) is 28.8 Å². The SMILES string of the molecule is CC[C@H](C)[C@H](NC(=O)[C@H](CC(C)C)NC(=O)[C@@H](NC(=O)[C@H](CCC(=O)O)NC(=O)[C@@H](N)CC(C)C)C(C)C)C(=O)N[C@H](C(=O)O)C(C)C. The summed E-state index contributed by atoms with van der Waals surface area (Å²) in [6.07, 6.45) is 0.336. The van der Waals surface area contributed by atoms with Crippen LogP contribution in [0.1, 0.15) is 101 Å². The fraction of sp³-hybridized carbons (Fsp3) is 0.788. The molecule has 0 rings (SSSR count). The molecule has 276 valence electrons. The van der Waals surface area contributed by atoms with Gasteiger partial charge < -0.3 is 42.5 Å². The van der Waals surface area contributed by atoms with Crippen LogP contribution in [0.25, 0.3) is 0 Å². The van der Waals surface area contributed by atoms with Crippen LogP contribution in [-0.2, 0) is 33.6 Å². The number of hydrogen-bond donors (Lipinski definition) is 8. The van der Waals surface area contributed by atoms with E-state index >= 15 is 0 Å². The van der Waals surface area contributed by atoms with Gasteiger partial charge in [0, 0.05) is 6.42 Å². The summed E-state index contributed by atoms with van der Waals surface area (Å²) in [5.74, 6) is -7.08. The zero-order valence-corrected chi connectivity index (χ0v) is 30.2. The van der Waals surface area contributed by atoms with Crippen molar-refractivity contribution in [1.29, 1.82) is 0 Å². The van der Waals surface area contributed by atoms with E-state index in [1.165, 1.54) is 0 Å². The van der Waals surface area contributed by atoms with E-state index in [0.717, 1.165) is 0 Å². The van der Waals surface area contributed by atoms with Crippen LogP contribution < -0.4 is 32.3 Å². The summed E-state index contributed by atoms with van der Waals surface area (Å²) >= 11 is 0. The van der Waals surface area contributed by atoms with Crippen molar-refractivity contribution in [2.45, 2.75) is 138 Å². The normalized spacial score (nSPS) is 15.9. The van der Waals surface area contributed by atoms with Gasteiger partial charge in [-0.05, 0) is 48.9 Å². The first-order valence-electron chi connectivity index (χ1n) is 16.8. The number of carbonyl (C=O) groups excluding carboxylic acids is 5. The average Bonchev–Trinajstić information content (AvgIpc) is 2.96. The maximum Gasteiger partial charge on any atom is 0.326 e. The number of amides is 5. The maximum absolute atomic E-state index is 13.6. The molecule has 0 bridgehead atoms. The molecule has 9 N–H and O–H groups in total. The molecule has 0 radical (unpaired) electrons. The standard InChI is InChI=1S/C33H60N6O9/c1-11-20(10)27(32(46)38-26(19(8)9)33(47)48)39-30(44)23(15-17(4)5)36-31(45)25(18(6)7)37-29(43)22(12-13-24(40)41)35-28(42)21(34)14-16(2)3/h16-23,25-27H,11-15,34H2,1-10H3,(H,35,42)(H,36,45)(H,37,43)(H,38,46)(H,39,44)(H,40,41)(H,47,48)/t20-,21-,22-,23-,25-,26-,27-/m0/s1. The van der Waals surface area contributed by atoms with Gasteiger partial charge in [-0.25, -0.2) is 4.79 Å². The third-order valence-electron chi connectivity index (χ3n) is 7.95. The van der Waals surface area contributed by atoms with Crippen LogP contribution in [0, 0.1) is 29.6 Å². The van der Waals surface area contributed by atoms with Crippen LogP contribution in [0.2, 0.25) is 0 Å². The molecule has 15 heteroatoms. The largest absolute Gasteiger partial charge is 0.481 e. The molecule has 0 aliphatic carbocycles. The summed E-state index contributed by atoms with van der Waals surface area (Å²) in [7, 11) is 0. The average molecular weight is 685 g/mol. The highest BCUT2D eigenvalue weighted by molar-refractivity contribution is 5.96. The lowest BCUT2D eigenvalue weighted by atomic mass is 9.95. The first-order valence-corrected chi connectivity index (χ1v) is 16.8. The molecule has 0 aromatic carbocycles. The van der Waals surface area contributed by atoms with Gasteiger partial charge in [0.05, 0.1) is 6.04 Å². The molecule has 0 unspecified atom stereocenters. The summed E-state index contributed by atoms with van der Waals surface area (Å²) in [5.41, 5.74) is 5.96. The van der Waals surface area contributed by atoms with Crippen molar-refractivity contribution in [3.63, 3.8) is 0 Å². The minimum Gasteiger partial charge on any atom is -0.481 e. The van der Waals surface area contributed by atoms with Gasteiger partial charge in [-0.2, -0.15) is 0 Å². The molecular formula is C33H60N6O9. The van der Waals surface area contributed by atoms with Crippen molar-refractivity contribution >= 4 is 41.5 Å². The summed E-state index contributed by atoms with van der Waals surface area (Å²) in [4.78, 5) is 89.5. The monoisotopic (exact) mass is 684 g/mol. The molecule has 0 aliphatic heterocycles. The molecule has 0 fully saturated rings. The first-order chi connectivity index (χ1) is 22.1. The second kappa shape index (κ2) is 21.3. The molecular weight excluding hydrogens is 624 g/mol. The summed E-state index contributed by atoms with van der Waals surface area (Å²) in [6, 6.07) is -6.76. The van der Waals surface area contributed by atoms with E-state index in [1.807, 2.05) is 34.6 Å². The van der Waals surface area contributed by atoms with Gasteiger partial charge in [-0.15, -0.1) is 0 Å². The number of carboxylic acid groups (broad SMARTS) is 2. The fourth-order valence-electron chi connectivity index (χ4n) is 4.90. The van der Waals surface area contributed by atoms with E-state index in [4.69, 9.17) is 5.73 Å². The lowest BCUT2D eigenvalue weighted by Crippen LogP contribution is -2.61. The Bertz CT molecular complexity index is 1110. The Hall–Kier alpha value is -3.75. The molecule has 0 spiro atoms. The number of aliphatic carboxylic acids is 2. The quantitative estimate of drug-likeness (QED) is 0.0808. The molecule has 0 heterocycles. The lowest BCUT2D eigenvalue weighted by molar-refractivity contribution is -0.144. The van der Waals surface area contributed by atoms with Crippen molar-refractivity contribution in [2.24, 2.45) is 35.3 Å². The van der Waals surface area contributed by atoms with E-state index in [0.29, 0.717) is 12.8 Å². The van der Waals surface area contributed by atoms with Crippen LogP contribution in [0.4, 0.5) is 0 Å². The van der Waals surface area contributed by atoms with Crippen molar-refractivity contribution in [3.05, 3.63) is 0 Å². The Morgan fingerprint density at radius 1 is 0.562 bits per heavy atom. The minimum atomic E-state index is -1.29. The number of carbonyl (C=O) groups is 7. The van der Waals surface area contributed by atoms with Crippen molar-refractivity contribution in [2.75, 3.05) is 0 Å². The van der Waals surface area contributed by atoms with Crippen LogP contribution in [0.3, 0.4) is 0 Å². The van der Waals surface area contributed by atoms with E-state index in [2.05, 4.69) is 26.6 Å². The Morgan fingerprint density at radius 3 is 1.44 bits per heavy atom. The first kappa shape index (κ1) is 44.2. The second-order valence-corrected chi connectivity index (χ2v) is 14.1. The maximum atomic E-state index is 13.6. The zero-order valence-electron chi connectivity index (χ0n) is 30.2. The van der Waals surface area contributed by atoms with E-state index in [9.17, 15) is 43.8 Å². The Balaban J connectivity index is 6.11. The molecule has 5 amide bonds. The number of rotatable bonds is 22. The van der Waals surface area contributed by atoms with Gasteiger partial charge in [-0.1, -0.05) is 75.7 Å². The summed E-state index contributed by atoms with van der Waals surface area (Å²) in [6.45, 7) is 17.6. The topological polar surface area (TPSA) is 246 Å². The Morgan fingerprint density at radius 2 is 1.00 bits per heavy atom. The highest BCUT2D eigenvalue weighted by Crippen LogP contribution is 2.14. The lowest BCUT2D eigenvalue weighted by Gasteiger charge is -2.30. The zero-order chi connectivity index (χ0) is 37.5. The smallest absolute Gasteiger partial charge is 0.326 e. The highest BCUT2D eigenvalue weighted by Gasteiger charge is 2.35. The molecule has 0 aromatic rings. The molecule has 0 saturated heterocycles. The van der Waals surface area contributed by atoms with Crippen LogP contribution in [0.15, 0.2) is 0 Å². The summed E-state index contributed by atoms with van der Waals surface area (Å²) < 4.78 is 0. The number of hydrogen-bond acceptors (Lipinski definition) is 8. The van der Waals surface area contributed by atoms with Gasteiger partial charge in [0.25, 0.3) is 0 Å². The number of nitrogens with one attached hydrogen (secondary N) is 5. The van der Waals surface area contributed by atoms with E-state index < -0.39 is 96.0 Å². The molecule has 7 atom stereocenters. The fourth-order valence-corrected chi connectivity index (χ4v) is 4.90. The van der Waals surface area contributed by atoms with Gasteiger partial charge in [0.15, 0.2) is 0 Å². The van der Waals surface area contributed by atoms with Gasteiger partial charge in [0.2, 0.25) is 29.5 Å². The number of nitrogens with two attached hydrogens (primary N) is 1. The van der Waals surface area contributed by atoms with Crippen molar-refractivity contribution < 1.29 is 43.8 Å². The van der Waals surface area contributed by atoms with Crippen LogP contribution >= 0.6 is 0 Å². The molecule has 0 aliphatic rings. The molecule has 0 aromatic heterocycles. The Labute approximate surface area is 284 Å². The van der Waals surface area contributed by atoms with Crippen LogP contribution in [-0.4, -0.2) is 87.9 Å². The second-order valence-electron chi connectivity index (χ2n) is 14.1. The number of carboxylic acids is 2.